The number of Topliss-reactive ketones (excluding diaryl/α,β-unsaturated/α-hetero) is 1. The highest BCUT2D eigenvalue weighted by molar-refractivity contribution is 5.97. The normalized spacial score (nSPS) is 30.5. The van der Waals surface area contributed by atoms with Crippen molar-refractivity contribution in [3.8, 4) is 5.75 Å². The molecule has 2 aliphatic rings. The van der Waals surface area contributed by atoms with Crippen LogP contribution in [0.15, 0.2) is 24.3 Å². The largest absolute Gasteiger partial charge is 0.508 e. The molecule has 1 N–H and O–H groups in total. The maximum Gasteiger partial charge on any atom is 0.176 e. The molecule has 3 atom stereocenters. The second-order valence-electron chi connectivity index (χ2n) is 5.75. The number of halogens is 1. The highest BCUT2D eigenvalue weighted by Crippen LogP contribution is 2.39. The van der Waals surface area contributed by atoms with E-state index in [1.54, 1.807) is 12.1 Å². The third-order valence-corrected chi connectivity index (χ3v) is 4.33. The van der Waals surface area contributed by atoms with Crippen LogP contribution < -0.4 is 0 Å². The SMILES string of the molecule is O=C(CN1C[C@H]2CC(F)C[C@H]2C1)c1ccc(O)cc1. The topological polar surface area (TPSA) is 40.5 Å². The van der Waals surface area contributed by atoms with E-state index in [9.17, 15) is 14.3 Å². The zero-order valence-electron chi connectivity index (χ0n) is 10.8. The minimum Gasteiger partial charge on any atom is -0.508 e. The molecule has 3 nitrogen and oxygen atoms in total. The molecule has 1 saturated carbocycles. The van der Waals surface area contributed by atoms with Crippen LogP contribution in [0.3, 0.4) is 0 Å². The number of alkyl halides is 1. The van der Waals surface area contributed by atoms with Gasteiger partial charge in [0.1, 0.15) is 11.9 Å². The Kier molecular flexibility index (Phi) is 3.27. The summed E-state index contributed by atoms with van der Waals surface area (Å²) in [5, 5.41) is 9.20. The summed E-state index contributed by atoms with van der Waals surface area (Å²) in [5.74, 6) is 1.10. The number of ketones is 1. The molecule has 2 fully saturated rings. The molecule has 0 spiro atoms. The predicted octanol–water partition coefficient (Wildman–Crippen LogP) is 2.25. The van der Waals surface area contributed by atoms with Crippen LogP contribution in [0.4, 0.5) is 4.39 Å². The molecule has 4 heteroatoms. The number of aromatic hydroxyl groups is 1. The number of likely N-dealkylation sites (tertiary alicyclic amines) is 1. The van der Waals surface area contributed by atoms with Gasteiger partial charge in [0.2, 0.25) is 0 Å². The first kappa shape index (κ1) is 12.6. The van der Waals surface area contributed by atoms with E-state index in [-0.39, 0.29) is 11.5 Å². The quantitative estimate of drug-likeness (QED) is 0.850. The van der Waals surface area contributed by atoms with E-state index >= 15 is 0 Å². The van der Waals surface area contributed by atoms with Gasteiger partial charge >= 0.3 is 0 Å². The lowest BCUT2D eigenvalue weighted by molar-refractivity contribution is 0.0939. The van der Waals surface area contributed by atoms with Gasteiger partial charge in [0, 0.05) is 18.7 Å². The number of nitrogens with zero attached hydrogens (tertiary/aromatic N) is 1. The van der Waals surface area contributed by atoms with Crippen molar-refractivity contribution < 1.29 is 14.3 Å². The highest BCUT2D eigenvalue weighted by Gasteiger charge is 2.41. The van der Waals surface area contributed by atoms with E-state index in [0.29, 0.717) is 36.8 Å². The summed E-state index contributed by atoms with van der Waals surface area (Å²) in [5.41, 5.74) is 0.623. The standard InChI is InChI=1S/C15H18FNO2/c16-13-5-11-7-17(8-12(11)6-13)9-15(19)10-1-3-14(18)4-2-10/h1-4,11-13,18H,5-9H2/t11-,12+,13?. The van der Waals surface area contributed by atoms with Crippen LogP contribution in [-0.2, 0) is 0 Å². The number of hydrogen-bond acceptors (Lipinski definition) is 3. The van der Waals surface area contributed by atoms with Crippen molar-refractivity contribution in [3.05, 3.63) is 29.8 Å². The molecule has 0 amide bonds. The van der Waals surface area contributed by atoms with Gasteiger partial charge in [0.25, 0.3) is 0 Å². The average molecular weight is 263 g/mol. The third kappa shape index (κ3) is 2.63. The highest BCUT2D eigenvalue weighted by atomic mass is 19.1. The molecule has 0 bridgehead atoms. The van der Waals surface area contributed by atoms with E-state index in [2.05, 4.69) is 4.90 Å². The lowest BCUT2D eigenvalue weighted by Gasteiger charge is -2.16. The molecule has 19 heavy (non-hydrogen) atoms. The average Bonchev–Trinajstić information content (AvgIpc) is 2.86. The number of carbonyl (C=O) groups is 1. The Morgan fingerprint density at radius 2 is 1.79 bits per heavy atom. The second kappa shape index (κ2) is 4.93. The van der Waals surface area contributed by atoms with Gasteiger partial charge in [-0.2, -0.15) is 0 Å². The Labute approximate surface area is 112 Å². The Balaban J connectivity index is 1.58. The first-order chi connectivity index (χ1) is 9.11. The first-order valence-electron chi connectivity index (χ1n) is 6.80. The van der Waals surface area contributed by atoms with Crippen molar-refractivity contribution in [3.63, 3.8) is 0 Å². The van der Waals surface area contributed by atoms with E-state index in [0.717, 1.165) is 13.1 Å². The van der Waals surface area contributed by atoms with Gasteiger partial charge < -0.3 is 5.11 Å². The molecule has 1 aromatic carbocycles. The second-order valence-corrected chi connectivity index (χ2v) is 5.75. The summed E-state index contributed by atoms with van der Waals surface area (Å²) >= 11 is 0. The van der Waals surface area contributed by atoms with Gasteiger partial charge in [0.05, 0.1) is 6.54 Å². The predicted molar refractivity (Wildman–Crippen MR) is 70.0 cm³/mol. The van der Waals surface area contributed by atoms with Crippen molar-refractivity contribution in [2.24, 2.45) is 11.8 Å². The molecule has 0 aromatic heterocycles. The maximum absolute atomic E-state index is 13.2. The third-order valence-electron chi connectivity index (χ3n) is 4.33. The summed E-state index contributed by atoms with van der Waals surface area (Å²) in [6.45, 7) is 2.08. The molecule has 1 heterocycles. The number of phenolic OH excluding ortho intramolecular Hbond substituents is 1. The van der Waals surface area contributed by atoms with Gasteiger partial charge in [-0.05, 0) is 48.9 Å². The van der Waals surface area contributed by atoms with Crippen molar-refractivity contribution in [1.29, 1.82) is 0 Å². The number of rotatable bonds is 3. The zero-order chi connectivity index (χ0) is 13.4. The van der Waals surface area contributed by atoms with Crippen LogP contribution in [0.5, 0.6) is 5.75 Å². The molecule has 3 rings (SSSR count). The summed E-state index contributed by atoms with van der Waals surface area (Å²) < 4.78 is 13.2. The van der Waals surface area contributed by atoms with Gasteiger partial charge in [0.15, 0.2) is 5.78 Å². The number of benzene rings is 1. The smallest absolute Gasteiger partial charge is 0.176 e. The van der Waals surface area contributed by atoms with Crippen LogP contribution in [0.25, 0.3) is 0 Å². The monoisotopic (exact) mass is 263 g/mol. The number of carbonyl (C=O) groups excluding carboxylic acids is 1. The Morgan fingerprint density at radius 3 is 2.37 bits per heavy atom. The minimum absolute atomic E-state index is 0.0665. The summed E-state index contributed by atoms with van der Waals surface area (Å²) in [7, 11) is 0. The van der Waals surface area contributed by atoms with Crippen LogP contribution in [0, 0.1) is 11.8 Å². The Morgan fingerprint density at radius 1 is 1.21 bits per heavy atom. The van der Waals surface area contributed by atoms with Gasteiger partial charge in [-0.15, -0.1) is 0 Å². The molecule has 1 aliphatic carbocycles. The summed E-state index contributed by atoms with van der Waals surface area (Å²) in [4.78, 5) is 14.2. The van der Waals surface area contributed by atoms with Crippen molar-refractivity contribution >= 4 is 5.78 Å². The number of fused-ring (bicyclic) bond motifs is 1. The molecule has 102 valence electrons. The molecule has 0 radical (unpaired) electrons. The van der Waals surface area contributed by atoms with Gasteiger partial charge in [-0.3, -0.25) is 9.69 Å². The van der Waals surface area contributed by atoms with Crippen LogP contribution in [-0.4, -0.2) is 41.6 Å². The van der Waals surface area contributed by atoms with E-state index in [1.807, 2.05) is 0 Å². The fraction of sp³-hybridized carbons (Fsp3) is 0.533. The van der Waals surface area contributed by atoms with Gasteiger partial charge in [-0.1, -0.05) is 0 Å². The minimum atomic E-state index is -0.634. The van der Waals surface area contributed by atoms with Crippen molar-refractivity contribution in [1.82, 2.24) is 4.90 Å². The number of hydrogen-bond donors (Lipinski definition) is 1. The molecule has 1 aromatic rings. The van der Waals surface area contributed by atoms with Gasteiger partial charge in [-0.25, -0.2) is 4.39 Å². The molecule has 1 unspecified atom stereocenters. The van der Waals surface area contributed by atoms with Crippen LogP contribution in [0.1, 0.15) is 23.2 Å². The zero-order valence-corrected chi connectivity index (χ0v) is 10.8. The fourth-order valence-corrected chi connectivity index (χ4v) is 3.39. The van der Waals surface area contributed by atoms with Crippen LogP contribution >= 0.6 is 0 Å². The Bertz CT molecular complexity index is 460. The first-order valence-corrected chi connectivity index (χ1v) is 6.80. The van der Waals surface area contributed by atoms with E-state index in [1.165, 1.54) is 12.1 Å². The number of phenols is 1. The summed E-state index contributed by atoms with van der Waals surface area (Å²) in [6, 6.07) is 6.34. The fourth-order valence-electron chi connectivity index (χ4n) is 3.39. The Hall–Kier alpha value is -1.42. The van der Waals surface area contributed by atoms with Crippen molar-refractivity contribution in [2.45, 2.75) is 19.0 Å². The van der Waals surface area contributed by atoms with Crippen LogP contribution in [0.2, 0.25) is 0 Å². The molecule has 1 saturated heterocycles. The summed E-state index contributed by atoms with van der Waals surface area (Å²) in [6.07, 6.45) is 0.688. The maximum atomic E-state index is 13.2. The lowest BCUT2D eigenvalue weighted by atomic mass is 10.0. The van der Waals surface area contributed by atoms with Crippen molar-refractivity contribution in [2.75, 3.05) is 19.6 Å². The lowest BCUT2D eigenvalue weighted by Crippen LogP contribution is -2.29. The molecule has 1 aliphatic heterocycles. The van der Waals surface area contributed by atoms with E-state index < -0.39 is 6.17 Å². The molecular weight excluding hydrogens is 245 g/mol. The van der Waals surface area contributed by atoms with E-state index in [4.69, 9.17) is 0 Å². The molecular formula is C15H18FNO2.